The summed E-state index contributed by atoms with van der Waals surface area (Å²) in [5.41, 5.74) is 4.40. The van der Waals surface area contributed by atoms with Crippen LogP contribution in [-0.4, -0.2) is 32.9 Å². The van der Waals surface area contributed by atoms with Crippen molar-refractivity contribution >= 4 is 12.1 Å². The van der Waals surface area contributed by atoms with Gasteiger partial charge in [0.2, 0.25) is 0 Å². The van der Waals surface area contributed by atoms with E-state index in [9.17, 15) is 4.79 Å². The van der Waals surface area contributed by atoms with Crippen LogP contribution in [0.1, 0.15) is 30.9 Å². The Morgan fingerprint density at radius 1 is 1.11 bits per heavy atom. The van der Waals surface area contributed by atoms with Crippen molar-refractivity contribution in [1.82, 2.24) is 5.43 Å². The first-order valence-electron chi connectivity index (χ1n) is 8.92. The zero-order chi connectivity index (χ0) is 19.5. The van der Waals surface area contributed by atoms with E-state index >= 15 is 0 Å². The van der Waals surface area contributed by atoms with Crippen molar-refractivity contribution < 1.29 is 19.0 Å². The van der Waals surface area contributed by atoms with Crippen LogP contribution in [0.4, 0.5) is 0 Å². The first kappa shape index (κ1) is 20.3. The van der Waals surface area contributed by atoms with Gasteiger partial charge < -0.3 is 14.2 Å². The maximum absolute atomic E-state index is 11.9. The number of para-hydroxylation sites is 1. The summed E-state index contributed by atoms with van der Waals surface area (Å²) in [5, 5.41) is 3.95. The number of nitrogens with zero attached hydrogens (tertiary/aromatic N) is 1. The number of benzene rings is 2. The molecule has 0 aliphatic rings. The smallest absolute Gasteiger partial charge is 0.277 e. The van der Waals surface area contributed by atoms with Gasteiger partial charge in [0.15, 0.2) is 18.1 Å². The Morgan fingerprint density at radius 3 is 2.56 bits per heavy atom. The third-order valence-electron chi connectivity index (χ3n) is 3.94. The van der Waals surface area contributed by atoms with Gasteiger partial charge in [0.25, 0.3) is 5.91 Å². The minimum Gasteiger partial charge on any atom is -0.493 e. The molecule has 0 unspecified atom stereocenters. The van der Waals surface area contributed by atoms with Crippen molar-refractivity contribution in [3.8, 4) is 17.2 Å². The van der Waals surface area contributed by atoms with Gasteiger partial charge in [-0.3, -0.25) is 4.79 Å². The molecule has 2 rings (SSSR count). The lowest BCUT2D eigenvalue weighted by Gasteiger charge is -2.09. The van der Waals surface area contributed by atoms with Crippen LogP contribution in [0.2, 0.25) is 0 Å². The van der Waals surface area contributed by atoms with Crippen molar-refractivity contribution in [1.29, 1.82) is 0 Å². The van der Waals surface area contributed by atoms with E-state index in [1.165, 1.54) is 24.6 Å². The van der Waals surface area contributed by atoms with E-state index in [0.717, 1.165) is 6.42 Å². The van der Waals surface area contributed by atoms with E-state index in [-0.39, 0.29) is 12.5 Å². The largest absolute Gasteiger partial charge is 0.493 e. The highest BCUT2D eigenvalue weighted by Gasteiger charge is 2.07. The van der Waals surface area contributed by atoms with Crippen molar-refractivity contribution in [2.45, 2.75) is 26.2 Å². The van der Waals surface area contributed by atoms with Crippen LogP contribution in [0.25, 0.3) is 0 Å². The number of methoxy groups -OCH3 is 2. The summed E-state index contributed by atoms with van der Waals surface area (Å²) in [7, 11) is 3.11. The number of rotatable bonds is 10. The molecule has 0 aliphatic carbocycles. The number of carbonyl (C=O) groups excluding carboxylic acids is 1. The first-order chi connectivity index (χ1) is 13.2. The van der Waals surface area contributed by atoms with Gasteiger partial charge in [0.1, 0.15) is 5.75 Å². The van der Waals surface area contributed by atoms with Crippen LogP contribution in [0.15, 0.2) is 47.6 Å². The average Bonchev–Trinajstić information content (AvgIpc) is 2.71. The molecule has 0 heterocycles. The van der Waals surface area contributed by atoms with E-state index in [1.54, 1.807) is 20.3 Å². The van der Waals surface area contributed by atoms with E-state index in [4.69, 9.17) is 14.2 Å². The van der Waals surface area contributed by atoms with E-state index in [1.807, 2.05) is 36.4 Å². The van der Waals surface area contributed by atoms with Crippen LogP contribution in [0.3, 0.4) is 0 Å². The molecule has 2 aromatic carbocycles. The lowest BCUT2D eigenvalue weighted by atomic mass is 10.1. The standard InChI is InChI=1S/C21H26N2O4/c1-4-5-7-16-10-12-18(13-11-16)27-15-20(24)23-22-14-17-8-6-9-19(25-2)21(17)26-3/h6,8-14H,4-5,7,15H2,1-3H3,(H,23,24)/b22-14-. The van der Waals surface area contributed by atoms with Crippen molar-refractivity contribution in [2.24, 2.45) is 5.10 Å². The maximum atomic E-state index is 11.9. The van der Waals surface area contributed by atoms with Crippen molar-refractivity contribution in [3.63, 3.8) is 0 Å². The highest BCUT2D eigenvalue weighted by molar-refractivity contribution is 5.86. The molecule has 0 atom stereocenters. The monoisotopic (exact) mass is 370 g/mol. The third kappa shape index (κ3) is 6.33. The van der Waals surface area contributed by atoms with Gasteiger partial charge in [-0.15, -0.1) is 0 Å². The molecule has 1 amide bonds. The number of nitrogens with one attached hydrogen (secondary N) is 1. The molecule has 0 radical (unpaired) electrons. The van der Waals surface area contributed by atoms with E-state index < -0.39 is 0 Å². The number of ether oxygens (including phenoxy) is 3. The van der Waals surface area contributed by atoms with Gasteiger partial charge in [-0.05, 0) is 42.7 Å². The van der Waals surface area contributed by atoms with Crippen LogP contribution >= 0.6 is 0 Å². The summed E-state index contributed by atoms with van der Waals surface area (Å²) in [6.45, 7) is 2.06. The molecule has 0 fully saturated rings. The predicted octanol–water partition coefficient (Wildman–Crippen LogP) is 3.58. The fourth-order valence-electron chi connectivity index (χ4n) is 2.50. The molecular weight excluding hydrogens is 344 g/mol. The number of aryl methyl sites for hydroxylation is 1. The second-order valence-electron chi connectivity index (χ2n) is 5.91. The SMILES string of the molecule is CCCCc1ccc(OCC(=O)N/N=C\c2cccc(OC)c2OC)cc1. The molecule has 6 nitrogen and oxygen atoms in total. The first-order valence-corrected chi connectivity index (χ1v) is 8.92. The third-order valence-corrected chi connectivity index (χ3v) is 3.94. The Hall–Kier alpha value is -3.02. The summed E-state index contributed by atoms with van der Waals surface area (Å²) in [6.07, 6.45) is 4.89. The van der Waals surface area contributed by atoms with Gasteiger partial charge in [-0.1, -0.05) is 31.5 Å². The van der Waals surface area contributed by atoms with Gasteiger partial charge in [-0.2, -0.15) is 5.10 Å². The zero-order valence-corrected chi connectivity index (χ0v) is 16.0. The molecule has 144 valence electrons. The molecule has 1 N–H and O–H groups in total. The molecule has 6 heteroatoms. The molecule has 0 saturated carbocycles. The summed E-state index contributed by atoms with van der Waals surface area (Å²) >= 11 is 0. The number of amides is 1. The summed E-state index contributed by atoms with van der Waals surface area (Å²) in [6, 6.07) is 13.2. The molecule has 0 aromatic heterocycles. The van der Waals surface area contributed by atoms with Gasteiger partial charge in [0.05, 0.1) is 20.4 Å². The van der Waals surface area contributed by atoms with E-state index in [2.05, 4.69) is 17.5 Å². The Labute approximate surface area is 160 Å². The molecule has 0 saturated heterocycles. The van der Waals surface area contributed by atoms with Crippen LogP contribution in [0.5, 0.6) is 17.2 Å². The lowest BCUT2D eigenvalue weighted by molar-refractivity contribution is -0.123. The number of hydrogen-bond donors (Lipinski definition) is 1. The van der Waals surface area contributed by atoms with Gasteiger partial charge in [0, 0.05) is 5.56 Å². The molecule has 0 aliphatic heterocycles. The second-order valence-corrected chi connectivity index (χ2v) is 5.91. The molecule has 27 heavy (non-hydrogen) atoms. The average molecular weight is 370 g/mol. The highest BCUT2D eigenvalue weighted by atomic mass is 16.5. The second kappa shape index (κ2) is 10.9. The summed E-state index contributed by atoms with van der Waals surface area (Å²) in [5.74, 6) is 1.46. The zero-order valence-electron chi connectivity index (χ0n) is 16.0. The summed E-state index contributed by atoms with van der Waals surface area (Å²) in [4.78, 5) is 11.9. The van der Waals surface area contributed by atoms with Gasteiger partial charge in [-0.25, -0.2) is 5.43 Å². The van der Waals surface area contributed by atoms with Crippen molar-refractivity contribution in [2.75, 3.05) is 20.8 Å². The van der Waals surface area contributed by atoms with Gasteiger partial charge >= 0.3 is 0 Å². The molecule has 2 aromatic rings. The van der Waals surface area contributed by atoms with Crippen LogP contribution < -0.4 is 19.6 Å². The Bertz CT molecular complexity index is 757. The van der Waals surface area contributed by atoms with Crippen LogP contribution in [-0.2, 0) is 11.2 Å². The van der Waals surface area contributed by atoms with Crippen LogP contribution in [0, 0.1) is 0 Å². The Morgan fingerprint density at radius 2 is 1.89 bits per heavy atom. The number of hydrazone groups is 1. The number of hydrogen-bond acceptors (Lipinski definition) is 5. The fraction of sp³-hybridized carbons (Fsp3) is 0.333. The highest BCUT2D eigenvalue weighted by Crippen LogP contribution is 2.29. The summed E-state index contributed by atoms with van der Waals surface area (Å²) < 4.78 is 16.0. The number of carbonyl (C=O) groups is 1. The minimum absolute atomic E-state index is 0.110. The normalized spacial score (nSPS) is 10.6. The molecule has 0 spiro atoms. The topological polar surface area (TPSA) is 69.2 Å². The molecule has 0 bridgehead atoms. The number of unbranched alkanes of at least 4 members (excludes halogenated alkanes) is 1. The van der Waals surface area contributed by atoms with E-state index in [0.29, 0.717) is 22.8 Å². The molecular formula is C21H26N2O4. The Kier molecular flexibility index (Phi) is 8.16. The lowest BCUT2D eigenvalue weighted by Crippen LogP contribution is -2.24. The maximum Gasteiger partial charge on any atom is 0.277 e. The minimum atomic E-state index is -0.344. The quantitative estimate of drug-likeness (QED) is 0.513. The van der Waals surface area contributed by atoms with Crippen molar-refractivity contribution in [3.05, 3.63) is 53.6 Å². The Balaban J connectivity index is 1.83. The fourth-order valence-corrected chi connectivity index (χ4v) is 2.50. The predicted molar refractivity (Wildman–Crippen MR) is 106 cm³/mol.